The minimum absolute atomic E-state index is 0.555. The molecule has 0 spiro atoms. The van der Waals surface area contributed by atoms with Gasteiger partial charge in [-0.25, -0.2) is 14.6 Å². The van der Waals surface area contributed by atoms with Crippen molar-refractivity contribution < 1.29 is 13.2 Å². The summed E-state index contributed by atoms with van der Waals surface area (Å²) in [5, 5.41) is 0. The van der Waals surface area contributed by atoms with Crippen LogP contribution in [0.1, 0.15) is 0 Å². The van der Waals surface area contributed by atoms with Gasteiger partial charge in [0.25, 0.3) is 5.95 Å². The van der Waals surface area contributed by atoms with Gasteiger partial charge in [0.15, 0.2) is 17.5 Å². The summed E-state index contributed by atoms with van der Waals surface area (Å²) < 4.78 is 37.1. The molecule has 66 valence electrons. The van der Waals surface area contributed by atoms with E-state index < -0.39 is 27.9 Å². The van der Waals surface area contributed by atoms with E-state index in [4.69, 9.17) is 5.84 Å². The van der Waals surface area contributed by atoms with Gasteiger partial charge in [0, 0.05) is 0 Å². The number of aromatic nitrogens is 1. The summed E-state index contributed by atoms with van der Waals surface area (Å²) in [6.45, 7) is 0. The number of anilines is 1. The number of nitrogen functional groups attached to an aromatic ring is 1. The van der Waals surface area contributed by atoms with Crippen LogP contribution in [0.15, 0.2) is 4.47 Å². The Hall–Kier alpha value is -0.820. The van der Waals surface area contributed by atoms with E-state index in [0.717, 1.165) is 0 Å². The molecule has 3 nitrogen and oxygen atoms in total. The van der Waals surface area contributed by atoms with Gasteiger partial charge in [-0.3, -0.25) is 0 Å². The lowest BCUT2D eigenvalue weighted by molar-refractivity contribution is 0.460. The van der Waals surface area contributed by atoms with Crippen LogP contribution in [0, 0.1) is 17.6 Å². The predicted molar refractivity (Wildman–Crippen MR) is 39.6 cm³/mol. The van der Waals surface area contributed by atoms with Crippen LogP contribution in [-0.2, 0) is 0 Å². The highest BCUT2D eigenvalue weighted by atomic mass is 79.9. The topological polar surface area (TPSA) is 50.9 Å². The molecule has 7 heteroatoms. The average molecular weight is 242 g/mol. The third-order valence-corrected chi connectivity index (χ3v) is 1.82. The second-order valence-corrected chi connectivity index (χ2v) is 2.63. The summed E-state index contributed by atoms with van der Waals surface area (Å²) in [4.78, 5) is 2.87. The maximum absolute atomic E-state index is 12.8. The Morgan fingerprint density at radius 3 is 2.33 bits per heavy atom. The van der Waals surface area contributed by atoms with Crippen molar-refractivity contribution in [3.05, 3.63) is 22.1 Å². The van der Waals surface area contributed by atoms with E-state index in [0.29, 0.717) is 0 Å². The molecular formula is C5H3BrF3N3. The highest BCUT2D eigenvalue weighted by Gasteiger charge is 2.17. The minimum atomic E-state index is -1.42. The molecule has 1 heterocycles. The number of rotatable bonds is 1. The Bertz CT molecular complexity index is 317. The smallest absolute Gasteiger partial charge is 0.252 e. The summed E-state index contributed by atoms with van der Waals surface area (Å²) in [5.41, 5.74) is 1.78. The van der Waals surface area contributed by atoms with Crippen molar-refractivity contribution in [1.82, 2.24) is 4.98 Å². The first-order valence-corrected chi connectivity index (χ1v) is 3.53. The first kappa shape index (κ1) is 9.27. The van der Waals surface area contributed by atoms with Crippen LogP contribution in [0.4, 0.5) is 19.0 Å². The van der Waals surface area contributed by atoms with Gasteiger partial charge in [0.1, 0.15) is 0 Å². The number of pyridine rings is 1. The Labute approximate surface area is 73.9 Å². The van der Waals surface area contributed by atoms with Crippen molar-refractivity contribution in [2.75, 3.05) is 5.43 Å². The standard InChI is InChI=1S/C5H3BrF3N3/c6-1-2(7)4(9)11-5(12-10)3(1)8/h10H2,(H,11,12). The fourth-order valence-corrected chi connectivity index (χ4v) is 0.934. The van der Waals surface area contributed by atoms with Crippen molar-refractivity contribution >= 4 is 21.7 Å². The van der Waals surface area contributed by atoms with Gasteiger partial charge in [-0.2, -0.15) is 9.37 Å². The zero-order valence-corrected chi connectivity index (χ0v) is 7.12. The molecule has 0 aliphatic heterocycles. The van der Waals surface area contributed by atoms with Gasteiger partial charge >= 0.3 is 0 Å². The van der Waals surface area contributed by atoms with Gasteiger partial charge in [-0.15, -0.1) is 0 Å². The first-order chi connectivity index (χ1) is 5.57. The first-order valence-electron chi connectivity index (χ1n) is 2.74. The molecule has 12 heavy (non-hydrogen) atoms. The molecule has 1 aromatic heterocycles. The van der Waals surface area contributed by atoms with Crippen molar-refractivity contribution in [3.63, 3.8) is 0 Å². The van der Waals surface area contributed by atoms with E-state index in [1.165, 1.54) is 0 Å². The van der Waals surface area contributed by atoms with Crippen LogP contribution in [0.5, 0.6) is 0 Å². The number of nitrogens with zero attached hydrogens (tertiary/aromatic N) is 1. The molecular weight excluding hydrogens is 239 g/mol. The van der Waals surface area contributed by atoms with E-state index in [1.807, 2.05) is 0 Å². The quantitative estimate of drug-likeness (QED) is 0.446. The van der Waals surface area contributed by atoms with Crippen LogP contribution >= 0.6 is 15.9 Å². The van der Waals surface area contributed by atoms with Crippen LogP contribution in [-0.4, -0.2) is 4.98 Å². The fourth-order valence-electron chi connectivity index (χ4n) is 0.583. The average Bonchev–Trinajstić information content (AvgIpc) is 2.08. The number of hydrogen-bond acceptors (Lipinski definition) is 3. The Balaban J connectivity index is 3.39. The molecule has 0 amide bonds. The molecule has 1 rings (SSSR count). The SMILES string of the molecule is NNc1nc(F)c(F)c(Br)c1F. The van der Waals surface area contributed by atoms with Crippen LogP contribution < -0.4 is 11.3 Å². The van der Waals surface area contributed by atoms with E-state index in [2.05, 4.69) is 20.9 Å². The normalized spacial score (nSPS) is 10.1. The highest BCUT2D eigenvalue weighted by Crippen LogP contribution is 2.24. The summed E-state index contributed by atoms with van der Waals surface area (Å²) in [5.74, 6) is 0.345. The summed E-state index contributed by atoms with van der Waals surface area (Å²) in [6, 6.07) is 0. The van der Waals surface area contributed by atoms with Crippen molar-refractivity contribution in [2.24, 2.45) is 5.84 Å². The monoisotopic (exact) mass is 241 g/mol. The second-order valence-electron chi connectivity index (χ2n) is 1.84. The maximum Gasteiger partial charge on any atom is 0.252 e. The van der Waals surface area contributed by atoms with Gasteiger partial charge in [0.2, 0.25) is 0 Å². The molecule has 0 saturated carbocycles. The van der Waals surface area contributed by atoms with E-state index in [1.54, 1.807) is 5.43 Å². The number of hydrazine groups is 1. The third kappa shape index (κ3) is 1.37. The molecule has 0 unspecified atom stereocenters. The predicted octanol–water partition coefficient (Wildman–Crippen LogP) is 1.55. The summed E-state index contributed by atoms with van der Waals surface area (Å²) >= 11 is 2.50. The molecule has 1 aromatic rings. The van der Waals surface area contributed by atoms with Crippen molar-refractivity contribution in [3.8, 4) is 0 Å². The molecule has 0 aliphatic carbocycles. The molecule has 0 saturated heterocycles. The van der Waals surface area contributed by atoms with E-state index >= 15 is 0 Å². The fraction of sp³-hybridized carbons (Fsp3) is 0. The van der Waals surface area contributed by atoms with Gasteiger partial charge < -0.3 is 5.43 Å². The lowest BCUT2D eigenvalue weighted by Crippen LogP contribution is -2.12. The Morgan fingerprint density at radius 1 is 1.25 bits per heavy atom. The largest absolute Gasteiger partial charge is 0.306 e. The maximum atomic E-state index is 12.8. The van der Waals surface area contributed by atoms with Crippen LogP contribution in [0.2, 0.25) is 0 Å². The molecule has 0 fully saturated rings. The Morgan fingerprint density at radius 2 is 1.83 bits per heavy atom. The van der Waals surface area contributed by atoms with E-state index in [9.17, 15) is 13.2 Å². The molecule has 0 atom stereocenters. The van der Waals surface area contributed by atoms with Crippen LogP contribution in [0.25, 0.3) is 0 Å². The molecule has 0 aliphatic rings. The Kier molecular flexibility index (Phi) is 2.53. The number of hydrogen-bond donors (Lipinski definition) is 2. The zero-order valence-electron chi connectivity index (χ0n) is 5.54. The van der Waals surface area contributed by atoms with E-state index in [-0.39, 0.29) is 0 Å². The lowest BCUT2D eigenvalue weighted by atomic mass is 10.4. The number of halogens is 4. The van der Waals surface area contributed by atoms with Gasteiger partial charge in [0.05, 0.1) is 4.47 Å². The van der Waals surface area contributed by atoms with Crippen LogP contribution in [0.3, 0.4) is 0 Å². The van der Waals surface area contributed by atoms with Gasteiger partial charge in [-0.1, -0.05) is 0 Å². The lowest BCUT2D eigenvalue weighted by Gasteiger charge is -2.03. The molecule has 0 aromatic carbocycles. The highest BCUT2D eigenvalue weighted by molar-refractivity contribution is 9.10. The minimum Gasteiger partial charge on any atom is -0.306 e. The van der Waals surface area contributed by atoms with Crippen molar-refractivity contribution in [1.29, 1.82) is 0 Å². The number of nitrogens with one attached hydrogen (secondary N) is 1. The van der Waals surface area contributed by atoms with Crippen molar-refractivity contribution in [2.45, 2.75) is 0 Å². The molecule has 3 N–H and O–H groups in total. The van der Waals surface area contributed by atoms with Gasteiger partial charge in [-0.05, 0) is 15.9 Å². The third-order valence-electron chi connectivity index (χ3n) is 1.12. The summed E-state index contributed by atoms with van der Waals surface area (Å²) in [6.07, 6.45) is 0. The molecule has 0 radical (unpaired) electrons. The number of nitrogens with two attached hydrogens (primary N) is 1. The zero-order chi connectivity index (χ0) is 9.30. The summed E-state index contributed by atoms with van der Waals surface area (Å²) in [7, 11) is 0. The second kappa shape index (κ2) is 3.28. The molecule has 0 bridgehead atoms.